The summed E-state index contributed by atoms with van der Waals surface area (Å²) in [6, 6.07) is 21.1. The van der Waals surface area contributed by atoms with E-state index in [-0.39, 0.29) is 11.7 Å². The molecule has 0 saturated carbocycles. The van der Waals surface area contributed by atoms with Gasteiger partial charge in [-0.25, -0.2) is 0 Å². The van der Waals surface area contributed by atoms with E-state index in [1.807, 2.05) is 71.3 Å². The second-order valence-corrected chi connectivity index (χ2v) is 8.94. The molecule has 0 spiro atoms. The van der Waals surface area contributed by atoms with Gasteiger partial charge in [0.2, 0.25) is 5.91 Å². The summed E-state index contributed by atoms with van der Waals surface area (Å²) in [4.78, 5) is 15.0. The quantitative estimate of drug-likeness (QED) is 0.267. The van der Waals surface area contributed by atoms with Crippen LogP contribution in [0.2, 0.25) is 5.02 Å². The van der Waals surface area contributed by atoms with Crippen molar-refractivity contribution in [3.8, 4) is 11.4 Å². The third kappa shape index (κ3) is 6.28. The van der Waals surface area contributed by atoms with Gasteiger partial charge < -0.3 is 14.1 Å². The first-order chi connectivity index (χ1) is 16.6. The van der Waals surface area contributed by atoms with Gasteiger partial charge in [0, 0.05) is 24.2 Å². The number of methoxy groups -OCH3 is 1. The van der Waals surface area contributed by atoms with Crippen LogP contribution >= 0.6 is 23.4 Å². The average Bonchev–Trinajstić information content (AvgIpc) is 3.52. The van der Waals surface area contributed by atoms with Crippen LogP contribution < -0.4 is 0 Å². The molecule has 2 aromatic heterocycles. The maximum atomic E-state index is 13.3. The molecule has 0 aliphatic heterocycles. The average molecular weight is 497 g/mol. The molecule has 4 aromatic rings. The number of furan rings is 1. The topological polar surface area (TPSA) is 73.4 Å². The number of aromatic nitrogens is 3. The van der Waals surface area contributed by atoms with Crippen molar-refractivity contribution in [1.29, 1.82) is 0 Å². The van der Waals surface area contributed by atoms with Crippen LogP contribution in [0.5, 0.6) is 0 Å². The van der Waals surface area contributed by atoms with E-state index in [1.165, 1.54) is 11.8 Å². The van der Waals surface area contributed by atoms with Gasteiger partial charge in [0.05, 0.1) is 31.7 Å². The molecule has 0 N–H and O–H groups in total. The summed E-state index contributed by atoms with van der Waals surface area (Å²) < 4.78 is 12.7. The van der Waals surface area contributed by atoms with Gasteiger partial charge in [-0.15, -0.1) is 10.2 Å². The molecular weight excluding hydrogens is 472 g/mol. The van der Waals surface area contributed by atoms with Crippen molar-refractivity contribution in [3.05, 3.63) is 89.3 Å². The Kier molecular flexibility index (Phi) is 8.41. The largest absolute Gasteiger partial charge is 0.467 e. The fraction of sp³-hybridized carbons (Fsp3) is 0.240. The second-order valence-electron chi connectivity index (χ2n) is 7.56. The molecule has 34 heavy (non-hydrogen) atoms. The van der Waals surface area contributed by atoms with Crippen LogP contribution in [0.1, 0.15) is 11.3 Å². The molecule has 176 valence electrons. The van der Waals surface area contributed by atoms with Crippen LogP contribution in [0.25, 0.3) is 11.4 Å². The van der Waals surface area contributed by atoms with Crippen LogP contribution in [-0.4, -0.2) is 45.0 Å². The lowest BCUT2D eigenvalue weighted by Crippen LogP contribution is -2.31. The highest BCUT2D eigenvalue weighted by atomic mass is 35.5. The van der Waals surface area contributed by atoms with Gasteiger partial charge in [-0.3, -0.25) is 9.36 Å². The first-order valence-corrected chi connectivity index (χ1v) is 12.2. The summed E-state index contributed by atoms with van der Waals surface area (Å²) in [5, 5.41) is 10.0. The van der Waals surface area contributed by atoms with Crippen molar-refractivity contribution in [1.82, 2.24) is 19.7 Å². The van der Waals surface area contributed by atoms with Crippen LogP contribution in [0.15, 0.2) is 82.6 Å². The lowest BCUT2D eigenvalue weighted by Gasteiger charge is -2.22. The van der Waals surface area contributed by atoms with Gasteiger partial charge in [-0.05, 0) is 42.0 Å². The molecular formula is C25H25ClN4O3S. The van der Waals surface area contributed by atoms with E-state index in [2.05, 4.69) is 10.2 Å². The summed E-state index contributed by atoms with van der Waals surface area (Å²) >= 11 is 7.40. The first-order valence-electron chi connectivity index (χ1n) is 10.8. The maximum absolute atomic E-state index is 13.3. The fourth-order valence-corrected chi connectivity index (χ4v) is 4.43. The van der Waals surface area contributed by atoms with Crippen molar-refractivity contribution in [2.45, 2.75) is 24.8 Å². The van der Waals surface area contributed by atoms with Gasteiger partial charge in [-0.2, -0.15) is 0 Å². The highest BCUT2D eigenvalue weighted by Crippen LogP contribution is 2.26. The molecule has 0 radical (unpaired) electrons. The number of hydrogen-bond donors (Lipinski definition) is 0. The number of carbonyl (C=O) groups excluding carboxylic acids is 1. The van der Waals surface area contributed by atoms with E-state index in [0.29, 0.717) is 42.2 Å². The van der Waals surface area contributed by atoms with Crippen LogP contribution in [0.4, 0.5) is 0 Å². The Morgan fingerprint density at radius 2 is 1.85 bits per heavy atom. The van der Waals surface area contributed by atoms with E-state index < -0.39 is 0 Å². The number of halogens is 1. The van der Waals surface area contributed by atoms with Crippen molar-refractivity contribution < 1.29 is 13.9 Å². The SMILES string of the molecule is COCCn1c(SCC(=O)N(Cc2ccccc2)Cc2ccco2)nnc1-c1ccc(Cl)cc1. The summed E-state index contributed by atoms with van der Waals surface area (Å²) in [5.41, 5.74) is 1.95. The standard InChI is InChI=1S/C25H25ClN4O3S/c1-32-15-13-30-24(20-9-11-21(26)12-10-20)27-28-25(30)34-18-23(31)29(17-22-8-5-14-33-22)16-19-6-3-2-4-7-19/h2-12,14H,13,15-18H2,1H3. The zero-order chi connectivity index (χ0) is 23.8. The van der Waals surface area contributed by atoms with Crippen molar-refractivity contribution >= 4 is 29.3 Å². The van der Waals surface area contributed by atoms with Crippen molar-refractivity contribution in [2.75, 3.05) is 19.5 Å². The number of ether oxygens (including phenoxy) is 1. The highest BCUT2D eigenvalue weighted by molar-refractivity contribution is 7.99. The summed E-state index contributed by atoms with van der Waals surface area (Å²) in [7, 11) is 1.65. The van der Waals surface area contributed by atoms with Crippen LogP contribution in [0, 0.1) is 0 Å². The number of rotatable bonds is 11. The first kappa shape index (κ1) is 24.1. The Bertz CT molecular complexity index is 1180. The lowest BCUT2D eigenvalue weighted by molar-refractivity contribution is -0.129. The summed E-state index contributed by atoms with van der Waals surface area (Å²) in [6.07, 6.45) is 1.62. The fourth-order valence-electron chi connectivity index (χ4n) is 3.44. The zero-order valence-corrected chi connectivity index (χ0v) is 20.3. The lowest BCUT2D eigenvalue weighted by atomic mass is 10.2. The number of thioether (sulfide) groups is 1. The third-order valence-corrected chi connectivity index (χ3v) is 6.36. The molecule has 0 unspecified atom stereocenters. The summed E-state index contributed by atoms with van der Waals surface area (Å²) in [6.45, 7) is 1.96. The Morgan fingerprint density at radius 3 is 2.56 bits per heavy atom. The highest BCUT2D eigenvalue weighted by Gasteiger charge is 2.20. The summed E-state index contributed by atoms with van der Waals surface area (Å²) in [5.74, 6) is 1.65. The molecule has 2 heterocycles. The second kappa shape index (κ2) is 11.9. The minimum absolute atomic E-state index is 0.0143. The van der Waals surface area contributed by atoms with Crippen molar-refractivity contribution in [2.24, 2.45) is 0 Å². The van der Waals surface area contributed by atoms with E-state index in [0.717, 1.165) is 16.9 Å². The Hall–Kier alpha value is -3.07. The molecule has 0 aliphatic rings. The predicted molar refractivity (Wildman–Crippen MR) is 132 cm³/mol. The molecule has 0 saturated heterocycles. The number of amides is 1. The molecule has 0 aliphatic carbocycles. The maximum Gasteiger partial charge on any atom is 0.233 e. The minimum Gasteiger partial charge on any atom is -0.467 e. The van der Waals surface area contributed by atoms with Crippen LogP contribution in [0.3, 0.4) is 0 Å². The molecule has 0 fully saturated rings. The smallest absolute Gasteiger partial charge is 0.233 e. The van der Waals surface area contributed by atoms with E-state index in [4.69, 9.17) is 20.8 Å². The molecule has 0 bridgehead atoms. The number of nitrogens with zero attached hydrogens (tertiary/aromatic N) is 4. The molecule has 0 atom stereocenters. The molecule has 1 amide bonds. The van der Waals surface area contributed by atoms with Gasteiger partial charge in [0.15, 0.2) is 11.0 Å². The van der Waals surface area contributed by atoms with E-state index in [9.17, 15) is 4.79 Å². The molecule has 2 aromatic carbocycles. The molecule has 4 rings (SSSR count). The third-order valence-electron chi connectivity index (χ3n) is 5.16. The zero-order valence-electron chi connectivity index (χ0n) is 18.8. The number of hydrogen-bond acceptors (Lipinski definition) is 6. The molecule has 7 nitrogen and oxygen atoms in total. The molecule has 9 heteroatoms. The normalized spacial score (nSPS) is 11.0. The number of carbonyl (C=O) groups is 1. The van der Waals surface area contributed by atoms with E-state index >= 15 is 0 Å². The van der Waals surface area contributed by atoms with Gasteiger partial charge in [0.25, 0.3) is 0 Å². The van der Waals surface area contributed by atoms with Crippen molar-refractivity contribution in [3.63, 3.8) is 0 Å². The van der Waals surface area contributed by atoms with E-state index in [1.54, 1.807) is 18.3 Å². The monoisotopic (exact) mass is 496 g/mol. The Balaban J connectivity index is 1.50. The Morgan fingerprint density at radius 1 is 1.06 bits per heavy atom. The Labute approximate surface area is 207 Å². The van der Waals surface area contributed by atoms with Crippen LogP contribution in [-0.2, 0) is 29.2 Å². The minimum atomic E-state index is -0.0143. The van der Waals surface area contributed by atoms with Gasteiger partial charge in [-0.1, -0.05) is 53.7 Å². The van der Waals surface area contributed by atoms with Gasteiger partial charge in [0.1, 0.15) is 5.76 Å². The predicted octanol–water partition coefficient (Wildman–Crippen LogP) is 5.16. The number of benzene rings is 2. The van der Waals surface area contributed by atoms with Gasteiger partial charge >= 0.3 is 0 Å².